The van der Waals surface area contributed by atoms with E-state index in [9.17, 15) is 9.59 Å². The van der Waals surface area contributed by atoms with E-state index >= 15 is 0 Å². The van der Waals surface area contributed by atoms with Crippen LogP contribution < -0.4 is 9.47 Å². The van der Waals surface area contributed by atoms with Crippen LogP contribution in [-0.2, 0) is 9.53 Å². The second kappa shape index (κ2) is 6.02. The van der Waals surface area contributed by atoms with Gasteiger partial charge < -0.3 is 14.2 Å². The van der Waals surface area contributed by atoms with Crippen LogP contribution in [0.2, 0.25) is 0 Å². The van der Waals surface area contributed by atoms with Crippen LogP contribution in [0, 0.1) is 6.92 Å². The van der Waals surface area contributed by atoms with Gasteiger partial charge >= 0.3 is 0 Å². The Morgan fingerprint density at radius 1 is 1.32 bits per heavy atom. The number of methoxy groups -OCH3 is 1. The summed E-state index contributed by atoms with van der Waals surface area (Å²) in [6.45, 7) is 2.71. The fourth-order valence-corrected chi connectivity index (χ4v) is 3.09. The van der Waals surface area contributed by atoms with Crippen LogP contribution in [0.15, 0.2) is 17.0 Å². The first-order valence-electron chi connectivity index (χ1n) is 6.74. The summed E-state index contributed by atoms with van der Waals surface area (Å²) in [7, 11) is 1.53. The Morgan fingerprint density at radius 2 is 2.05 bits per heavy atom. The van der Waals surface area contributed by atoms with Crippen LogP contribution in [0.4, 0.5) is 4.79 Å². The largest absolute Gasteiger partial charge is 0.454 e. The molecule has 1 aromatic rings. The number of aryl methyl sites for hydroxylation is 1. The molecule has 22 heavy (non-hydrogen) atoms. The van der Waals surface area contributed by atoms with Gasteiger partial charge in [-0.15, -0.1) is 0 Å². The molecule has 0 saturated carbocycles. The third-order valence-corrected chi connectivity index (χ3v) is 4.35. The Bertz CT molecular complexity index is 670. The number of carbonyl (C=O) groups excluding carboxylic acids is 2. The van der Waals surface area contributed by atoms with Crippen LogP contribution in [-0.4, -0.2) is 43.1 Å². The average Bonchev–Trinajstić information content (AvgIpc) is 3.03. The van der Waals surface area contributed by atoms with Crippen LogP contribution in [0.1, 0.15) is 11.1 Å². The maximum absolute atomic E-state index is 12.3. The monoisotopic (exact) mass is 321 g/mol. The van der Waals surface area contributed by atoms with Gasteiger partial charge in [-0.25, -0.2) is 0 Å². The van der Waals surface area contributed by atoms with Gasteiger partial charge in [0.2, 0.25) is 6.79 Å². The number of benzene rings is 1. The van der Waals surface area contributed by atoms with Gasteiger partial charge in [-0.1, -0.05) is 0 Å². The van der Waals surface area contributed by atoms with Crippen LogP contribution >= 0.6 is 11.8 Å². The molecule has 0 radical (unpaired) electrons. The molecule has 0 N–H and O–H groups in total. The minimum absolute atomic E-state index is 0.200. The van der Waals surface area contributed by atoms with Gasteiger partial charge in [-0.3, -0.25) is 14.5 Å². The van der Waals surface area contributed by atoms with Crippen molar-refractivity contribution in [3.8, 4) is 11.5 Å². The van der Waals surface area contributed by atoms with Crippen LogP contribution in [0.25, 0.3) is 6.08 Å². The molecule has 2 aliphatic rings. The standard InChI is InChI=1S/C15H15NO5S/c1-9-5-11-12(21-8-20-11)6-10(9)7-13-14(17)16(3-4-19-2)15(18)22-13/h5-7H,3-4,8H2,1-2H3/b13-7+. The van der Waals surface area contributed by atoms with Gasteiger partial charge in [0.15, 0.2) is 11.5 Å². The van der Waals surface area contributed by atoms with E-state index in [1.807, 2.05) is 19.1 Å². The molecule has 2 amide bonds. The van der Waals surface area contributed by atoms with E-state index in [4.69, 9.17) is 14.2 Å². The number of amides is 2. The van der Waals surface area contributed by atoms with E-state index in [1.165, 1.54) is 12.0 Å². The van der Waals surface area contributed by atoms with Gasteiger partial charge in [-0.2, -0.15) is 0 Å². The zero-order chi connectivity index (χ0) is 15.7. The Labute approximate surface area is 132 Å². The minimum Gasteiger partial charge on any atom is -0.454 e. The number of rotatable bonds is 4. The molecule has 0 bridgehead atoms. The molecular formula is C15H15NO5S. The van der Waals surface area contributed by atoms with Gasteiger partial charge in [0.05, 0.1) is 18.1 Å². The molecule has 0 aliphatic carbocycles. The number of fused-ring (bicyclic) bond motifs is 1. The molecule has 0 aromatic heterocycles. The quantitative estimate of drug-likeness (QED) is 0.794. The molecule has 0 unspecified atom stereocenters. The van der Waals surface area contributed by atoms with Crippen molar-refractivity contribution < 1.29 is 23.8 Å². The first-order chi connectivity index (χ1) is 10.6. The summed E-state index contributed by atoms with van der Waals surface area (Å²) in [5.41, 5.74) is 1.79. The second-order valence-corrected chi connectivity index (χ2v) is 5.88. The Morgan fingerprint density at radius 3 is 2.77 bits per heavy atom. The van der Waals surface area contributed by atoms with E-state index in [0.29, 0.717) is 23.0 Å². The van der Waals surface area contributed by atoms with Gasteiger partial charge in [0, 0.05) is 7.11 Å². The lowest BCUT2D eigenvalue weighted by Gasteiger charge is -2.10. The van der Waals surface area contributed by atoms with Crippen molar-refractivity contribution in [2.24, 2.45) is 0 Å². The number of hydrogen-bond acceptors (Lipinski definition) is 6. The fourth-order valence-electron chi connectivity index (χ4n) is 2.23. The Kier molecular flexibility index (Phi) is 4.08. The smallest absolute Gasteiger partial charge is 0.293 e. The third-order valence-electron chi connectivity index (χ3n) is 3.44. The molecule has 2 aliphatic heterocycles. The highest BCUT2D eigenvalue weighted by Crippen LogP contribution is 2.37. The average molecular weight is 321 g/mol. The van der Waals surface area contributed by atoms with E-state index in [0.717, 1.165) is 22.9 Å². The third kappa shape index (κ3) is 2.69. The van der Waals surface area contributed by atoms with Crippen molar-refractivity contribution in [3.05, 3.63) is 28.2 Å². The summed E-state index contributed by atoms with van der Waals surface area (Å²) >= 11 is 0.940. The summed E-state index contributed by atoms with van der Waals surface area (Å²) in [4.78, 5) is 25.8. The lowest BCUT2D eigenvalue weighted by atomic mass is 10.1. The zero-order valence-electron chi connectivity index (χ0n) is 12.3. The summed E-state index contributed by atoms with van der Waals surface area (Å²) in [6, 6.07) is 3.68. The molecule has 3 rings (SSSR count). The summed E-state index contributed by atoms with van der Waals surface area (Å²) < 4.78 is 15.6. The molecule has 116 valence electrons. The number of ether oxygens (including phenoxy) is 3. The highest BCUT2D eigenvalue weighted by atomic mass is 32.2. The maximum Gasteiger partial charge on any atom is 0.293 e. The second-order valence-electron chi connectivity index (χ2n) is 4.89. The minimum atomic E-state index is -0.288. The molecule has 7 heteroatoms. The Hall–Kier alpha value is -1.99. The predicted octanol–water partition coefficient (Wildman–Crippen LogP) is 2.41. The first-order valence-corrected chi connectivity index (χ1v) is 7.56. The van der Waals surface area contributed by atoms with Crippen molar-refractivity contribution in [2.45, 2.75) is 6.92 Å². The lowest BCUT2D eigenvalue weighted by molar-refractivity contribution is -0.123. The molecule has 1 fully saturated rings. The molecular weight excluding hydrogens is 306 g/mol. The van der Waals surface area contributed by atoms with Crippen LogP contribution in [0.5, 0.6) is 11.5 Å². The number of nitrogens with zero attached hydrogens (tertiary/aromatic N) is 1. The lowest BCUT2D eigenvalue weighted by Crippen LogP contribution is -2.31. The number of carbonyl (C=O) groups is 2. The molecule has 6 nitrogen and oxygen atoms in total. The number of thioether (sulfide) groups is 1. The van der Waals surface area contributed by atoms with Crippen molar-refractivity contribution in [3.63, 3.8) is 0 Å². The van der Waals surface area contributed by atoms with Crippen molar-refractivity contribution in [1.82, 2.24) is 4.90 Å². The summed E-state index contributed by atoms with van der Waals surface area (Å²) in [5.74, 6) is 1.06. The van der Waals surface area contributed by atoms with E-state index < -0.39 is 0 Å². The summed E-state index contributed by atoms with van der Waals surface area (Å²) in [6.07, 6.45) is 1.72. The molecule has 1 aromatic carbocycles. The van der Waals surface area contributed by atoms with Crippen molar-refractivity contribution in [1.29, 1.82) is 0 Å². The van der Waals surface area contributed by atoms with Gasteiger partial charge in [0.1, 0.15) is 0 Å². The molecule has 0 spiro atoms. The van der Waals surface area contributed by atoms with Gasteiger partial charge in [-0.05, 0) is 48.0 Å². The van der Waals surface area contributed by atoms with Crippen LogP contribution in [0.3, 0.4) is 0 Å². The molecule has 1 saturated heterocycles. The highest BCUT2D eigenvalue weighted by molar-refractivity contribution is 8.18. The van der Waals surface area contributed by atoms with E-state index in [1.54, 1.807) is 6.08 Å². The number of hydrogen-bond donors (Lipinski definition) is 0. The predicted molar refractivity (Wildman–Crippen MR) is 81.9 cm³/mol. The van der Waals surface area contributed by atoms with Crippen molar-refractivity contribution in [2.75, 3.05) is 27.1 Å². The van der Waals surface area contributed by atoms with Gasteiger partial charge in [0.25, 0.3) is 11.1 Å². The molecule has 0 atom stereocenters. The normalized spacial score (nSPS) is 18.6. The van der Waals surface area contributed by atoms with E-state index in [-0.39, 0.29) is 24.5 Å². The van der Waals surface area contributed by atoms with Crippen molar-refractivity contribution >= 4 is 29.0 Å². The fraction of sp³-hybridized carbons (Fsp3) is 0.333. The SMILES string of the molecule is COCCN1C(=O)S/C(=C/c2cc3c(cc2C)OCO3)C1=O. The number of imide groups is 1. The Balaban J connectivity index is 1.87. The topological polar surface area (TPSA) is 65.1 Å². The molecule has 2 heterocycles. The zero-order valence-corrected chi connectivity index (χ0v) is 13.1. The highest BCUT2D eigenvalue weighted by Gasteiger charge is 2.34. The maximum atomic E-state index is 12.3. The van der Waals surface area contributed by atoms with E-state index in [2.05, 4.69) is 0 Å². The summed E-state index contributed by atoms with van der Waals surface area (Å²) in [5, 5.41) is -0.272. The first kappa shape index (κ1) is 14.9.